The van der Waals surface area contributed by atoms with Crippen LogP contribution in [0.15, 0.2) is 35.4 Å². The number of nitrogens with zero attached hydrogens (tertiary/aromatic N) is 5. The summed E-state index contributed by atoms with van der Waals surface area (Å²) in [5.74, 6) is 1.90. The number of anilines is 2. The molecule has 0 spiro atoms. The van der Waals surface area contributed by atoms with Gasteiger partial charge in [-0.2, -0.15) is 9.40 Å². The second kappa shape index (κ2) is 9.08. The monoisotopic (exact) mass is 461 g/mol. The molecule has 32 heavy (non-hydrogen) atoms. The maximum absolute atomic E-state index is 13.2. The molecule has 2 fully saturated rings. The van der Waals surface area contributed by atoms with E-state index in [0.29, 0.717) is 64.1 Å². The molecule has 0 radical (unpaired) electrons. The summed E-state index contributed by atoms with van der Waals surface area (Å²) in [6.45, 7) is 5.98. The van der Waals surface area contributed by atoms with E-state index >= 15 is 0 Å². The van der Waals surface area contributed by atoms with Crippen molar-refractivity contribution < 1.29 is 22.6 Å². The van der Waals surface area contributed by atoms with Crippen molar-refractivity contribution in [3.63, 3.8) is 0 Å². The molecule has 0 bridgehead atoms. The number of piperazine rings is 1. The topological polar surface area (TPSA) is 97.3 Å². The number of rotatable bonds is 4. The minimum Gasteiger partial charge on any atom is -0.490 e. The van der Waals surface area contributed by atoms with Crippen molar-refractivity contribution in [2.45, 2.75) is 11.3 Å². The Morgan fingerprint density at radius 2 is 1.56 bits per heavy atom. The van der Waals surface area contributed by atoms with Gasteiger partial charge in [0.1, 0.15) is 0 Å². The van der Waals surface area contributed by atoms with E-state index < -0.39 is 10.0 Å². The standard InChI is InChI=1S/C21H27N5O5S/c27-32(28,18-2-3-19-20(15-18)31-11-1-10-30-19)26-6-4-24(5-7-26)17-14-21(23-22-16-17)25-8-12-29-13-9-25/h2-3,14-16H,1,4-13H2. The fourth-order valence-electron chi connectivity index (χ4n) is 4.11. The highest BCUT2D eigenvalue weighted by molar-refractivity contribution is 7.89. The van der Waals surface area contributed by atoms with Crippen LogP contribution in [-0.4, -0.2) is 88.6 Å². The molecule has 5 rings (SSSR count). The summed E-state index contributed by atoms with van der Waals surface area (Å²) in [7, 11) is -3.62. The lowest BCUT2D eigenvalue weighted by molar-refractivity contribution is 0.122. The zero-order chi connectivity index (χ0) is 22.0. The van der Waals surface area contributed by atoms with Gasteiger partial charge in [0.2, 0.25) is 10.0 Å². The summed E-state index contributed by atoms with van der Waals surface area (Å²) < 4.78 is 44.7. The number of hydrogen-bond donors (Lipinski definition) is 0. The molecule has 172 valence electrons. The van der Waals surface area contributed by atoms with Gasteiger partial charge in [-0.25, -0.2) is 8.42 Å². The smallest absolute Gasteiger partial charge is 0.243 e. The second-order valence-electron chi connectivity index (χ2n) is 7.92. The quantitative estimate of drug-likeness (QED) is 0.660. The van der Waals surface area contributed by atoms with Gasteiger partial charge in [-0.3, -0.25) is 0 Å². The van der Waals surface area contributed by atoms with Crippen molar-refractivity contribution in [1.82, 2.24) is 14.5 Å². The normalized spacial score (nSPS) is 20.1. The molecular weight excluding hydrogens is 434 g/mol. The Labute approximate surface area is 187 Å². The zero-order valence-corrected chi connectivity index (χ0v) is 18.7. The zero-order valence-electron chi connectivity index (χ0n) is 17.9. The molecule has 3 aliphatic heterocycles. The Morgan fingerprint density at radius 1 is 0.812 bits per heavy atom. The van der Waals surface area contributed by atoms with Crippen LogP contribution in [0.2, 0.25) is 0 Å². The minimum atomic E-state index is -3.62. The van der Waals surface area contributed by atoms with Crippen molar-refractivity contribution in [3.05, 3.63) is 30.5 Å². The van der Waals surface area contributed by atoms with Crippen molar-refractivity contribution in [1.29, 1.82) is 0 Å². The van der Waals surface area contributed by atoms with Crippen LogP contribution in [0.1, 0.15) is 6.42 Å². The number of sulfonamides is 1. The first-order valence-electron chi connectivity index (χ1n) is 10.9. The van der Waals surface area contributed by atoms with Crippen molar-refractivity contribution >= 4 is 21.5 Å². The molecule has 3 aliphatic rings. The maximum atomic E-state index is 13.2. The second-order valence-corrected chi connectivity index (χ2v) is 9.86. The van der Waals surface area contributed by atoms with Gasteiger partial charge in [0.05, 0.1) is 43.2 Å². The number of benzene rings is 1. The molecule has 0 unspecified atom stereocenters. The Morgan fingerprint density at radius 3 is 2.34 bits per heavy atom. The fourth-order valence-corrected chi connectivity index (χ4v) is 5.54. The van der Waals surface area contributed by atoms with Crippen LogP contribution in [0.25, 0.3) is 0 Å². The van der Waals surface area contributed by atoms with E-state index in [1.807, 2.05) is 6.07 Å². The SMILES string of the molecule is O=S(=O)(c1ccc2c(c1)OCCCO2)N1CCN(c2cnnc(N3CCOCC3)c2)CC1. The predicted molar refractivity (Wildman–Crippen MR) is 118 cm³/mol. The van der Waals surface area contributed by atoms with Crippen molar-refractivity contribution in [2.24, 2.45) is 0 Å². The Balaban J connectivity index is 1.27. The summed E-state index contributed by atoms with van der Waals surface area (Å²) in [6, 6.07) is 6.87. The average Bonchev–Trinajstić information content (AvgIpc) is 3.10. The minimum absolute atomic E-state index is 0.232. The summed E-state index contributed by atoms with van der Waals surface area (Å²) in [5, 5.41) is 8.43. The number of morpholine rings is 1. The summed E-state index contributed by atoms with van der Waals surface area (Å²) in [4.78, 5) is 4.54. The van der Waals surface area contributed by atoms with Crippen LogP contribution >= 0.6 is 0 Å². The van der Waals surface area contributed by atoms with E-state index in [1.165, 1.54) is 4.31 Å². The molecule has 1 aromatic carbocycles. The van der Waals surface area contributed by atoms with Gasteiger partial charge in [0.15, 0.2) is 17.3 Å². The van der Waals surface area contributed by atoms with Crippen molar-refractivity contribution in [2.75, 3.05) is 75.5 Å². The first-order chi connectivity index (χ1) is 15.6. The van der Waals surface area contributed by atoms with E-state index in [9.17, 15) is 8.42 Å². The molecule has 11 heteroatoms. The third-order valence-electron chi connectivity index (χ3n) is 5.92. The molecule has 10 nitrogen and oxygen atoms in total. The Kier molecular flexibility index (Phi) is 6.03. The van der Waals surface area contributed by atoms with Crippen LogP contribution in [0.3, 0.4) is 0 Å². The molecule has 0 saturated carbocycles. The highest BCUT2D eigenvalue weighted by atomic mass is 32.2. The number of aromatic nitrogens is 2. The van der Waals surface area contributed by atoms with Crippen LogP contribution in [0.5, 0.6) is 11.5 Å². The maximum Gasteiger partial charge on any atom is 0.243 e. The summed E-state index contributed by atoms with van der Waals surface area (Å²) in [6.07, 6.45) is 2.51. The Hall–Kier alpha value is -2.63. The van der Waals surface area contributed by atoms with E-state index in [1.54, 1.807) is 24.4 Å². The number of hydrogen-bond acceptors (Lipinski definition) is 9. The van der Waals surface area contributed by atoms with Crippen molar-refractivity contribution in [3.8, 4) is 11.5 Å². The highest BCUT2D eigenvalue weighted by Gasteiger charge is 2.30. The molecule has 0 atom stereocenters. The van der Waals surface area contributed by atoms with E-state index in [4.69, 9.17) is 14.2 Å². The highest BCUT2D eigenvalue weighted by Crippen LogP contribution is 2.33. The largest absolute Gasteiger partial charge is 0.490 e. The average molecular weight is 462 g/mol. The molecule has 0 N–H and O–H groups in total. The molecule has 0 aliphatic carbocycles. The fraction of sp³-hybridized carbons (Fsp3) is 0.524. The lowest BCUT2D eigenvalue weighted by Crippen LogP contribution is -2.48. The summed E-state index contributed by atoms with van der Waals surface area (Å²) >= 11 is 0. The van der Waals surface area contributed by atoms with E-state index in [2.05, 4.69) is 20.0 Å². The van der Waals surface area contributed by atoms with Gasteiger partial charge in [-0.15, -0.1) is 5.10 Å². The lowest BCUT2D eigenvalue weighted by atomic mass is 10.3. The van der Waals surface area contributed by atoms with Gasteiger partial charge >= 0.3 is 0 Å². The molecule has 1 aromatic heterocycles. The molecule has 2 aromatic rings. The van der Waals surface area contributed by atoms with Gasteiger partial charge in [-0.1, -0.05) is 0 Å². The molecule has 4 heterocycles. The van der Waals surface area contributed by atoms with Crippen LogP contribution < -0.4 is 19.3 Å². The van der Waals surface area contributed by atoms with Gasteiger partial charge in [0.25, 0.3) is 0 Å². The number of ether oxygens (including phenoxy) is 3. The first kappa shape index (κ1) is 21.2. The Bertz CT molecular complexity index is 1050. The predicted octanol–water partition coefficient (Wildman–Crippen LogP) is 0.985. The lowest BCUT2D eigenvalue weighted by Gasteiger charge is -2.35. The van der Waals surface area contributed by atoms with E-state index in [0.717, 1.165) is 31.0 Å². The molecule has 2 saturated heterocycles. The summed E-state index contributed by atoms with van der Waals surface area (Å²) in [5.41, 5.74) is 0.953. The third kappa shape index (κ3) is 4.32. The van der Waals surface area contributed by atoms with Crippen LogP contribution in [0, 0.1) is 0 Å². The third-order valence-corrected chi connectivity index (χ3v) is 7.82. The van der Waals surface area contributed by atoms with Gasteiger partial charge < -0.3 is 24.0 Å². The number of fused-ring (bicyclic) bond motifs is 1. The van der Waals surface area contributed by atoms with Gasteiger partial charge in [-0.05, 0) is 12.1 Å². The van der Waals surface area contributed by atoms with Crippen LogP contribution in [0.4, 0.5) is 11.5 Å². The van der Waals surface area contributed by atoms with Gasteiger partial charge in [0, 0.05) is 57.8 Å². The van der Waals surface area contributed by atoms with Crippen LogP contribution in [-0.2, 0) is 14.8 Å². The first-order valence-corrected chi connectivity index (χ1v) is 12.4. The van der Waals surface area contributed by atoms with E-state index in [-0.39, 0.29) is 4.90 Å². The molecular formula is C21H27N5O5S. The molecule has 0 amide bonds.